The second kappa shape index (κ2) is 7.97. The third kappa shape index (κ3) is 3.33. The van der Waals surface area contributed by atoms with Crippen molar-refractivity contribution in [2.45, 2.75) is 69.9 Å². The molecule has 1 aliphatic heterocycles. The molecule has 0 saturated heterocycles. The summed E-state index contributed by atoms with van der Waals surface area (Å²) >= 11 is 0. The van der Waals surface area contributed by atoms with Gasteiger partial charge in [-0.1, -0.05) is 50.5 Å². The molecule has 0 bridgehead atoms. The number of pyridine rings is 1. The fraction of sp³-hybridized carbons (Fsp3) is 0.458. The quantitative estimate of drug-likeness (QED) is 0.817. The van der Waals surface area contributed by atoms with Crippen LogP contribution in [-0.2, 0) is 4.79 Å². The molecular weight excluding hydrogens is 362 g/mol. The third-order valence-corrected chi connectivity index (χ3v) is 6.67. The number of rotatable bonds is 4. The minimum absolute atomic E-state index is 0.0683. The first-order chi connectivity index (χ1) is 14.1. The van der Waals surface area contributed by atoms with Crippen molar-refractivity contribution in [3.8, 4) is 0 Å². The highest BCUT2D eigenvalue weighted by Gasteiger charge is 2.55. The number of hydrogen-bond donors (Lipinski definition) is 1. The summed E-state index contributed by atoms with van der Waals surface area (Å²) in [6.07, 6.45) is 7.49. The van der Waals surface area contributed by atoms with E-state index in [0.717, 1.165) is 44.1 Å². The Bertz CT molecular complexity index is 890. The van der Waals surface area contributed by atoms with Crippen molar-refractivity contribution in [2.75, 3.05) is 5.32 Å². The molecule has 4 rings (SSSR count). The van der Waals surface area contributed by atoms with Crippen LogP contribution in [0.25, 0.3) is 0 Å². The number of amides is 2. The molecule has 5 nitrogen and oxygen atoms in total. The highest BCUT2D eigenvalue weighted by atomic mass is 16.2. The lowest BCUT2D eigenvalue weighted by Crippen LogP contribution is -2.64. The number of hydrogen-bond acceptors (Lipinski definition) is 3. The predicted molar refractivity (Wildman–Crippen MR) is 114 cm³/mol. The Labute approximate surface area is 172 Å². The van der Waals surface area contributed by atoms with Crippen molar-refractivity contribution in [1.29, 1.82) is 0 Å². The molecule has 1 aliphatic carbocycles. The number of anilines is 1. The summed E-state index contributed by atoms with van der Waals surface area (Å²) in [5.74, 6) is 0.151. The summed E-state index contributed by atoms with van der Waals surface area (Å²) in [6.45, 7) is 4.22. The molecular formula is C24H29N3O2. The van der Waals surface area contributed by atoms with E-state index in [-0.39, 0.29) is 17.9 Å². The van der Waals surface area contributed by atoms with Gasteiger partial charge in [0, 0.05) is 17.8 Å². The molecule has 2 atom stereocenters. The van der Waals surface area contributed by atoms with Gasteiger partial charge in [-0.25, -0.2) is 4.98 Å². The number of carbonyl (C=O) groups excluding carboxylic acids is 2. The van der Waals surface area contributed by atoms with E-state index in [2.05, 4.69) is 29.0 Å². The molecule has 2 amide bonds. The summed E-state index contributed by atoms with van der Waals surface area (Å²) in [5.41, 5.74) is 1.04. The number of aromatic nitrogens is 1. The summed E-state index contributed by atoms with van der Waals surface area (Å²) in [4.78, 5) is 33.6. The maximum Gasteiger partial charge on any atom is 0.254 e. The Kier molecular flexibility index (Phi) is 5.39. The number of benzene rings is 1. The van der Waals surface area contributed by atoms with Crippen molar-refractivity contribution >= 4 is 17.6 Å². The van der Waals surface area contributed by atoms with Crippen LogP contribution in [0.15, 0.2) is 48.7 Å². The first-order valence-electron chi connectivity index (χ1n) is 10.7. The van der Waals surface area contributed by atoms with Gasteiger partial charge in [0.2, 0.25) is 5.91 Å². The van der Waals surface area contributed by atoms with E-state index in [1.807, 2.05) is 36.4 Å². The van der Waals surface area contributed by atoms with Gasteiger partial charge in [0.15, 0.2) is 0 Å². The SMILES string of the molecule is CC[C@@H](C)N1C(=O)c2ccccc2[C@H](C(=O)Nc2ccccn2)C12CCCCC2. The molecule has 2 aromatic rings. The summed E-state index contributed by atoms with van der Waals surface area (Å²) in [7, 11) is 0. The van der Waals surface area contributed by atoms with Gasteiger partial charge in [0.25, 0.3) is 5.91 Å². The summed E-state index contributed by atoms with van der Waals surface area (Å²) in [5, 5.41) is 3.03. The van der Waals surface area contributed by atoms with E-state index in [1.54, 1.807) is 12.3 Å². The summed E-state index contributed by atoms with van der Waals surface area (Å²) < 4.78 is 0. The molecule has 2 aliphatic rings. The lowest BCUT2D eigenvalue weighted by atomic mass is 9.64. The smallest absolute Gasteiger partial charge is 0.254 e. The second-order valence-corrected chi connectivity index (χ2v) is 8.32. The predicted octanol–water partition coefficient (Wildman–Crippen LogP) is 4.76. The maximum absolute atomic E-state index is 13.7. The number of carbonyl (C=O) groups is 2. The van der Waals surface area contributed by atoms with Crippen molar-refractivity contribution in [3.63, 3.8) is 0 Å². The number of fused-ring (bicyclic) bond motifs is 1. The van der Waals surface area contributed by atoms with Crippen LogP contribution in [0.3, 0.4) is 0 Å². The molecule has 2 heterocycles. The van der Waals surface area contributed by atoms with Gasteiger partial charge in [-0.2, -0.15) is 0 Å². The van der Waals surface area contributed by atoms with Gasteiger partial charge in [0.1, 0.15) is 5.82 Å². The van der Waals surface area contributed by atoms with Gasteiger partial charge in [0.05, 0.1) is 11.5 Å². The lowest BCUT2D eigenvalue weighted by Gasteiger charge is -2.55. The normalized spacial score (nSPS) is 21.5. The fourth-order valence-corrected chi connectivity index (χ4v) is 5.24. The minimum atomic E-state index is -0.474. The van der Waals surface area contributed by atoms with Crippen molar-refractivity contribution < 1.29 is 9.59 Å². The molecule has 29 heavy (non-hydrogen) atoms. The zero-order valence-electron chi connectivity index (χ0n) is 17.2. The maximum atomic E-state index is 13.7. The molecule has 5 heteroatoms. The first kappa shape index (κ1) is 19.6. The Morgan fingerprint density at radius 3 is 2.59 bits per heavy atom. The lowest BCUT2D eigenvalue weighted by molar-refractivity contribution is -0.122. The van der Waals surface area contributed by atoms with Gasteiger partial charge >= 0.3 is 0 Å². The van der Waals surface area contributed by atoms with Gasteiger partial charge in [-0.3, -0.25) is 9.59 Å². The third-order valence-electron chi connectivity index (χ3n) is 6.67. The van der Waals surface area contributed by atoms with Crippen LogP contribution < -0.4 is 5.32 Å². The van der Waals surface area contributed by atoms with E-state index in [9.17, 15) is 9.59 Å². The molecule has 1 saturated carbocycles. The van der Waals surface area contributed by atoms with Crippen LogP contribution in [0.5, 0.6) is 0 Å². The van der Waals surface area contributed by atoms with Crippen molar-refractivity contribution in [1.82, 2.24) is 9.88 Å². The van der Waals surface area contributed by atoms with E-state index in [0.29, 0.717) is 11.4 Å². The van der Waals surface area contributed by atoms with Crippen LogP contribution in [-0.4, -0.2) is 33.3 Å². The minimum Gasteiger partial charge on any atom is -0.329 e. The number of nitrogens with zero attached hydrogens (tertiary/aromatic N) is 2. The topological polar surface area (TPSA) is 62.3 Å². The standard InChI is InChI=1S/C24H29N3O2/c1-3-17(2)27-23(29)19-12-6-5-11-18(19)21(24(27)14-8-4-9-15-24)22(28)26-20-13-7-10-16-25-20/h5-7,10-13,16-17,21H,3-4,8-9,14-15H2,1-2H3,(H,25,26,28)/t17-,21-/m1/s1. The monoisotopic (exact) mass is 391 g/mol. The molecule has 152 valence electrons. The average Bonchev–Trinajstić information content (AvgIpc) is 2.75. The Morgan fingerprint density at radius 2 is 1.90 bits per heavy atom. The van der Waals surface area contributed by atoms with E-state index < -0.39 is 11.5 Å². The molecule has 1 N–H and O–H groups in total. The zero-order chi connectivity index (χ0) is 20.4. The molecule has 1 spiro atoms. The van der Waals surface area contributed by atoms with Crippen LogP contribution >= 0.6 is 0 Å². The fourth-order valence-electron chi connectivity index (χ4n) is 5.24. The van der Waals surface area contributed by atoms with Crippen molar-refractivity contribution in [3.05, 3.63) is 59.8 Å². The van der Waals surface area contributed by atoms with Gasteiger partial charge in [-0.15, -0.1) is 0 Å². The highest BCUT2D eigenvalue weighted by Crippen LogP contribution is 2.50. The van der Waals surface area contributed by atoms with Crippen LogP contribution in [0.2, 0.25) is 0 Å². The highest BCUT2D eigenvalue weighted by molar-refractivity contribution is 6.05. The molecule has 1 aromatic heterocycles. The molecule has 0 radical (unpaired) electrons. The van der Waals surface area contributed by atoms with Gasteiger partial charge < -0.3 is 10.2 Å². The summed E-state index contributed by atoms with van der Waals surface area (Å²) in [6, 6.07) is 13.2. The number of nitrogens with one attached hydrogen (secondary N) is 1. The van der Waals surface area contributed by atoms with E-state index in [1.165, 1.54) is 0 Å². The first-order valence-corrected chi connectivity index (χ1v) is 10.7. The molecule has 0 unspecified atom stereocenters. The molecule has 1 fully saturated rings. The van der Waals surface area contributed by atoms with E-state index in [4.69, 9.17) is 0 Å². The van der Waals surface area contributed by atoms with Crippen LogP contribution in [0.1, 0.15) is 74.2 Å². The second-order valence-electron chi connectivity index (χ2n) is 8.32. The Hall–Kier alpha value is -2.69. The van der Waals surface area contributed by atoms with Crippen LogP contribution in [0, 0.1) is 0 Å². The zero-order valence-corrected chi connectivity index (χ0v) is 17.2. The van der Waals surface area contributed by atoms with Gasteiger partial charge in [-0.05, 0) is 49.9 Å². The van der Waals surface area contributed by atoms with Crippen LogP contribution in [0.4, 0.5) is 5.82 Å². The largest absolute Gasteiger partial charge is 0.329 e. The van der Waals surface area contributed by atoms with Crippen molar-refractivity contribution in [2.24, 2.45) is 0 Å². The van der Waals surface area contributed by atoms with E-state index >= 15 is 0 Å². The Morgan fingerprint density at radius 1 is 1.17 bits per heavy atom. The average molecular weight is 392 g/mol. The molecule has 1 aromatic carbocycles. The Balaban J connectivity index is 1.85.